The van der Waals surface area contributed by atoms with E-state index in [4.69, 9.17) is 9.47 Å². The van der Waals surface area contributed by atoms with Gasteiger partial charge in [0.2, 0.25) is 0 Å². The van der Waals surface area contributed by atoms with Gasteiger partial charge in [0.05, 0.1) is 5.69 Å². The van der Waals surface area contributed by atoms with Gasteiger partial charge in [0.1, 0.15) is 13.2 Å². The summed E-state index contributed by atoms with van der Waals surface area (Å²) in [6, 6.07) is 30.5. The van der Waals surface area contributed by atoms with Crippen molar-refractivity contribution in [3.05, 3.63) is 119 Å². The fraction of sp³-hybridized carbons (Fsp3) is 0.200. The maximum Gasteiger partial charge on any atom is 0.276 e. The predicted octanol–water partition coefficient (Wildman–Crippen LogP) is 7.10. The van der Waals surface area contributed by atoms with Crippen molar-refractivity contribution in [2.24, 2.45) is 0 Å². The summed E-state index contributed by atoms with van der Waals surface area (Å²) < 4.78 is 12.0. The van der Waals surface area contributed by atoms with Gasteiger partial charge in [-0.3, -0.25) is 0 Å². The molecule has 0 spiro atoms. The molecule has 0 bridgehead atoms. The smallest absolute Gasteiger partial charge is 0.276 e. The molecule has 0 saturated carbocycles. The highest BCUT2D eigenvalue weighted by Crippen LogP contribution is 2.27. The van der Waals surface area contributed by atoms with Crippen LogP contribution in [0.3, 0.4) is 0 Å². The molecule has 0 N–H and O–H groups in total. The van der Waals surface area contributed by atoms with Gasteiger partial charge in [0.15, 0.2) is 5.75 Å². The normalized spacial score (nSPS) is 11.5. The molecular formula is C30H30N2O2. The van der Waals surface area contributed by atoms with Crippen molar-refractivity contribution in [3.63, 3.8) is 0 Å². The Morgan fingerprint density at radius 1 is 0.676 bits per heavy atom. The molecule has 3 aromatic carbocycles. The fourth-order valence-corrected chi connectivity index (χ4v) is 3.40. The highest BCUT2D eigenvalue weighted by Gasteiger charge is 2.13. The van der Waals surface area contributed by atoms with Crippen LogP contribution in [-0.4, -0.2) is 10.2 Å². The predicted molar refractivity (Wildman–Crippen MR) is 138 cm³/mol. The summed E-state index contributed by atoms with van der Waals surface area (Å²) in [6.45, 7) is 7.46. The van der Waals surface area contributed by atoms with E-state index < -0.39 is 0 Å². The Balaban J connectivity index is 1.52. The Bertz CT molecular complexity index is 1210. The van der Waals surface area contributed by atoms with Crippen LogP contribution in [0.5, 0.6) is 11.6 Å². The minimum Gasteiger partial charge on any atom is -0.483 e. The molecule has 0 saturated heterocycles. The van der Waals surface area contributed by atoms with Crippen LogP contribution in [0.2, 0.25) is 0 Å². The first-order valence-corrected chi connectivity index (χ1v) is 11.5. The second-order valence-electron chi connectivity index (χ2n) is 9.19. The zero-order valence-electron chi connectivity index (χ0n) is 19.9. The molecule has 172 valence electrons. The topological polar surface area (TPSA) is 44.2 Å². The van der Waals surface area contributed by atoms with Crippen molar-refractivity contribution in [1.82, 2.24) is 10.2 Å². The van der Waals surface area contributed by atoms with Crippen molar-refractivity contribution in [1.29, 1.82) is 0 Å². The molecule has 1 aromatic heterocycles. The molecule has 34 heavy (non-hydrogen) atoms. The summed E-state index contributed by atoms with van der Waals surface area (Å²) in [5, 5.41) is 8.65. The lowest BCUT2D eigenvalue weighted by molar-refractivity contribution is 0.244. The summed E-state index contributed by atoms with van der Waals surface area (Å²) in [4.78, 5) is 0. The molecule has 0 aliphatic rings. The number of ether oxygens (including phenoxy) is 2. The van der Waals surface area contributed by atoms with Gasteiger partial charge >= 0.3 is 0 Å². The molecular weight excluding hydrogens is 420 g/mol. The Hall–Kier alpha value is -3.92. The summed E-state index contributed by atoms with van der Waals surface area (Å²) in [5.41, 5.74) is 5.38. The van der Waals surface area contributed by atoms with Gasteiger partial charge in [-0.2, -0.15) is 0 Å². The minimum atomic E-state index is 0.133. The first kappa shape index (κ1) is 23.2. The van der Waals surface area contributed by atoms with Gasteiger partial charge in [-0.05, 0) is 33.7 Å². The van der Waals surface area contributed by atoms with E-state index >= 15 is 0 Å². The first-order valence-electron chi connectivity index (χ1n) is 11.5. The molecule has 4 nitrogen and oxygen atoms in total. The second kappa shape index (κ2) is 10.8. The molecule has 4 heteroatoms. The van der Waals surface area contributed by atoms with Crippen molar-refractivity contribution in [2.75, 3.05) is 0 Å². The molecule has 4 rings (SSSR count). The van der Waals surface area contributed by atoms with Crippen LogP contribution in [0.25, 0.3) is 12.2 Å². The minimum absolute atomic E-state index is 0.133. The van der Waals surface area contributed by atoms with Gasteiger partial charge < -0.3 is 9.47 Å². The third-order valence-corrected chi connectivity index (χ3v) is 5.42. The number of benzene rings is 3. The maximum absolute atomic E-state index is 6.10. The van der Waals surface area contributed by atoms with Crippen LogP contribution in [0, 0.1) is 0 Å². The number of rotatable bonds is 8. The van der Waals surface area contributed by atoms with Crippen molar-refractivity contribution in [3.8, 4) is 11.6 Å². The van der Waals surface area contributed by atoms with Crippen LogP contribution in [0.1, 0.15) is 48.7 Å². The summed E-state index contributed by atoms with van der Waals surface area (Å²) in [5.74, 6) is 0.948. The molecule has 0 amide bonds. The molecule has 0 aliphatic carbocycles. The standard InChI is InChI=1S/C30H30N2O2/c1-30(2,3)26-17-14-23(15-18-26)16-19-27-20-28(33-21-24-10-6-4-7-11-24)29(32-31-27)34-22-25-12-8-5-9-13-25/h4-20H,21-22H2,1-3H3/b19-16+. The molecule has 0 unspecified atom stereocenters. The van der Waals surface area contributed by atoms with Gasteiger partial charge in [-0.1, -0.05) is 112 Å². The molecule has 0 radical (unpaired) electrons. The molecule has 0 fully saturated rings. The van der Waals surface area contributed by atoms with Crippen LogP contribution in [-0.2, 0) is 18.6 Å². The monoisotopic (exact) mass is 450 g/mol. The third-order valence-electron chi connectivity index (χ3n) is 5.42. The number of nitrogens with zero attached hydrogens (tertiary/aromatic N) is 2. The van der Waals surface area contributed by atoms with E-state index in [1.165, 1.54) is 5.56 Å². The SMILES string of the molecule is CC(C)(C)c1ccc(/C=C/c2cc(OCc3ccccc3)c(OCc3ccccc3)nn2)cc1. The molecule has 1 heterocycles. The van der Waals surface area contributed by atoms with Crippen LogP contribution < -0.4 is 9.47 Å². The largest absolute Gasteiger partial charge is 0.483 e. The van der Waals surface area contributed by atoms with E-state index in [2.05, 4.69) is 55.2 Å². The quantitative estimate of drug-likeness (QED) is 0.287. The zero-order chi connectivity index (χ0) is 23.8. The third kappa shape index (κ3) is 6.55. The lowest BCUT2D eigenvalue weighted by atomic mass is 9.87. The second-order valence-corrected chi connectivity index (χ2v) is 9.19. The van der Waals surface area contributed by atoms with Crippen molar-refractivity contribution >= 4 is 12.2 Å². The Morgan fingerprint density at radius 3 is 1.85 bits per heavy atom. The Labute approximate surface area is 201 Å². The Kier molecular flexibility index (Phi) is 7.38. The average molecular weight is 451 g/mol. The lowest BCUT2D eigenvalue weighted by Crippen LogP contribution is -2.10. The van der Waals surface area contributed by atoms with E-state index in [0.717, 1.165) is 16.7 Å². The van der Waals surface area contributed by atoms with Crippen LogP contribution in [0.4, 0.5) is 0 Å². The molecule has 0 atom stereocenters. The summed E-state index contributed by atoms with van der Waals surface area (Å²) >= 11 is 0. The Morgan fingerprint density at radius 2 is 1.26 bits per heavy atom. The van der Waals surface area contributed by atoms with Gasteiger partial charge in [-0.25, -0.2) is 0 Å². The van der Waals surface area contributed by atoms with E-state index in [1.807, 2.05) is 78.9 Å². The van der Waals surface area contributed by atoms with E-state index in [9.17, 15) is 0 Å². The van der Waals surface area contributed by atoms with Crippen LogP contribution in [0.15, 0.2) is 91.0 Å². The molecule has 4 aromatic rings. The van der Waals surface area contributed by atoms with Gasteiger partial charge in [0.25, 0.3) is 5.88 Å². The van der Waals surface area contributed by atoms with Crippen molar-refractivity contribution in [2.45, 2.75) is 39.4 Å². The first-order chi connectivity index (χ1) is 16.5. The van der Waals surface area contributed by atoms with Gasteiger partial charge in [0, 0.05) is 6.07 Å². The number of aromatic nitrogens is 2. The highest BCUT2D eigenvalue weighted by atomic mass is 16.5. The highest BCUT2D eigenvalue weighted by molar-refractivity contribution is 5.68. The fourth-order valence-electron chi connectivity index (χ4n) is 3.40. The van der Waals surface area contributed by atoms with Gasteiger partial charge in [-0.15, -0.1) is 10.2 Å². The average Bonchev–Trinajstić information content (AvgIpc) is 2.86. The van der Waals surface area contributed by atoms with Crippen molar-refractivity contribution < 1.29 is 9.47 Å². The maximum atomic E-state index is 6.10. The van der Waals surface area contributed by atoms with E-state index in [-0.39, 0.29) is 5.41 Å². The number of hydrogen-bond acceptors (Lipinski definition) is 4. The van der Waals surface area contributed by atoms with E-state index in [1.54, 1.807) is 0 Å². The summed E-state index contributed by atoms with van der Waals surface area (Å²) in [7, 11) is 0. The van der Waals surface area contributed by atoms with E-state index in [0.29, 0.717) is 30.5 Å². The summed E-state index contributed by atoms with van der Waals surface area (Å²) in [6.07, 6.45) is 3.97. The number of hydrogen-bond donors (Lipinski definition) is 0. The molecule has 0 aliphatic heterocycles. The zero-order valence-corrected chi connectivity index (χ0v) is 19.9. The van der Waals surface area contributed by atoms with Crippen LogP contribution >= 0.6 is 0 Å². The lowest BCUT2D eigenvalue weighted by Gasteiger charge is -2.18.